The first-order valence-corrected chi connectivity index (χ1v) is 13.0. The van der Waals surface area contributed by atoms with Gasteiger partial charge in [0, 0.05) is 11.1 Å². The van der Waals surface area contributed by atoms with Crippen molar-refractivity contribution >= 4 is 23.5 Å². The van der Waals surface area contributed by atoms with Crippen LogP contribution in [0.4, 0.5) is 0 Å². The molecular weight excluding hydrogens is 488 g/mol. The number of hydrogen-bond donors (Lipinski definition) is 4. The molecule has 0 amide bonds. The standard InChI is InChI=1S/C20H18O8.C10H22/c1-11-3-7-13(8-4-11)15(21)19(27,17(23)24)20(28,18(25)26)16(22)14-9-5-12(2)6-10-14;1-3-5-7-9-10-8-6-4-2/h3-10,27-28H,1-2H3,(H,23,24)(H,25,26);3-10H2,1-2H3. The number of carbonyl (C=O) groups excluding carboxylic acids is 2. The number of hydrogen-bond acceptors (Lipinski definition) is 6. The van der Waals surface area contributed by atoms with E-state index in [1.54, 1.807) is 13.8 Å². The van der Waals surface area contributed by atoms with Gasteiger partial charge in [-0.2, -0.15) is 0 Å². The summed E-state index contributed by atoms with van der Waals surface area (Å²) in [5.41, 5.74) is -7.27. The zero-order chi connectivity index (χ0) is 28.9. The van der Waals surface area contributed by atoms with Gasteiger partial charge in [-0.3, -0.25) is 9.59 Å². The minimum atomic E-state index is -3.96. The molecule has 8 heteroatoms. The Bertz CT molecular complexity index is 987. The van der Waals surface area contributed by atoms with E-state index in [0.29, 0.717) is 11.1 Å². The van der Waals surface area contributed by atoms with E-state index in [2.05, 4.69) is 13.8 Å². The van der Waals surface area contributed by atoms with Crippen molar-refractivity contribution in [2.75, 3.05) is 0 Å². The molecule has 2 unspecified atom stereocenters. The lowest BCUT2D eigenvalue weighted by Crippen LogP contribution is -2.71. The molecule has 0 fully saturated rings. The molecule has 0 radical (unpaired) electrons. The highest BCUT2D eigenvalue weighted by molar-refractivity contribution is 6.28. The van der Waals surface area contributed by atoms with E-state index >= 15 is 0 Å². The second-order valence-electron chi connectivity index (χ2n) is 9.54. The lowest BCUT2D eigenvalue weighted by Gasteiger charge is -2.34. The molecule has 0 aliphatic heterocycles. The molecule has 0 saturated carbocycles. The SMILES string of the molecule is CCCCCCCCCC.Cc1ccc(C(=O)C(O)(C(=O)O)C(O)(C(=O)O)C(=O)c2ccc(C)cc2)cc1. The molecule has 2 atom stereocenters. The van der Waals surface area contributed by atoms with E-state index < -0.39 is 34.7 Å². The Balaban J connectivity index is 0.000000612. The van der Waals surface area contributed by atoms with Gasteiger partial charge in [-0.1, -0.05) is 125 Å². The van der Waals surface area contributed by atoms with Crippen molar-refractivity contribution in [1.82, 2.24) is 0 Å². The zero-order valence-corrected chi connectivity index (χ0v) is 22.7. The van der Waals surface area contributed by atoms with Gasteiger partial charge in [-0.15, -0.1) is 0 Å². The fourth-order valence-electron chi connectivity index (χ4n) is 3.87. The summed E-state index contributed by atoms with van der Waals surface area (Å²) in [6.45, 7) is 7.91. The maximum atomic E-state index is 12.8. The molecule has 2 rings (SSSR count). The molecule has 0 aliphatic rings. The third kappa shape index (κ3) is 7.82. The van der Waals surface area contributed by atoms with E-state index in [1.165, 1.54) is 75.6 Å². The van der Waals surface area contributed by atoms with Gasteiger partial charge in [0.05, 0.1) is 0 Å². The molecule has 4 N–H and O–H groups in total. The summed E-state index contributed by atoms with van der Waals surface area (Å²) >= 11 is 0. The van der Waals surface area contributed by atoms with Crippen LogP contribution >= 0.6 is 0 Å². The van der Waals surface area contributed by atoms with E-state index in [0.717, 1.165) is 24.3 Å². The molecule has 0 bridgehead atoms. The van der Waals surface area contributed by atoms with Crippen LogP contribution in [0.15, 0.2) is 48.5 Å². The zero-order valence-electron chi connectivity index (χ0n) is 22.7. The van der Waals surface area contributed by atoms with Crippen molar-refractivity contribution in [3.8, 4) is 0 Å². The maximum absolute atomic E-state index is 12.8. The molecule has 38 heavy (non-hydrogen) atoms. The smallest absolute Gasteiger partial charge is 0.348 e. The second-order valence-corrected chi connectivity index (χ2v) is 9.54. The van der Waals surface area contributed by atoms with E-state index in [9.17, 15) is 39.6 Å². The van der Waals surface area contributed by atoms with Crippen LogP contribution in [-0.2, 0) is 9.59 Å². The first-order valence-electron chi connectivity index (χ1n) is 13.0. The van der Waals surface area contributed by atoms with Crippen molar-refractivity contribution in [3.05, 3.63) is 70.8 Å². The predicted octanol–water partition coefficient (Wildman–Crippen LogP) is 5.15. The Morgan fingerprint density at radius 1 is 0.553 bits per heavy atom. The topological polar surface area (TPSA) is 149 Å². The van der Waals surface area contributed by atoms with Crippen LogP contribution in [0, 0.1) is 13.8 Å². The van der Waals surface area contributed by atoms with Gasteiger partial charge >= 0.3 is 11.9 Å². The largest absolute Gasteiger partial charge is 0.479 e. The summed E-state index contributed by atoms with van der Waals surface area (Å²) in [5, 5.41) is 40.3. The second kappa shape index (κ2) is 15.1. The van der Waals surface area contributed by atoms with Crippen molar-refractivity contribution in [2.24, 2.45) is 0 Å². The first-order chi connectivity index (χ1) is 17.9. The Hall–Kier alpha value is -3.36. The Morgan fingerprint density at radius 3 is 1.05 bits per heavy atom. The van der Waals surface area contributed by atoms with Gasteiger partial charge in [0.2, 0.25) is 11.6 Å². The van der Waals surface area contributed by atoms with Crippen LogP contribution in [0.2, 0.25) is 0 Å². The van der Waals surface area contributed by atoms with E-state index in [4.69, 9.17) is 0 Å². The Morgan fingerprint density at radius 2 is 0.816 bits per heavy atom. The average Bonchev–Trinajstić information content (AvgIpc) is 2.90. The number of carboxylic acids is 2. The summed E-state index contributed by atoms with van der Waals surface area (Å²) in [4.78, 5) is 49.1. The lowest BCUT2D eigenvalue weighted by molar-refractivity contribution is -0.187. The van der Waals surface area contributed by atoms with E-state index in [-0.39, 0.29) is 11.1 Å². The molecule has 0 aromatic heterocycles. The third-order valence-corrected chi connectivity index (χ3v) is 6.38. The molecule has 208 valence electrons. The number of carbonyl (C=O) groups is 4. The summed E-state index contributed by atoms with van der Waals surface area (Å²) in [5.74, 6) is -8.01. The predicted molar refractivity (Wildman–Crippen MR) is 144 cm³/mol. The normalized spacial score (nSPS) is 13.8. The number of ketones is 2. The van der Waals surface area contributed by atoms with Crippen molar-refractivity contribution in [3.63, 3.8) is 0 Å². The number of Topliss-reactive ketones (excluding diaryl/α,β-unsaturated/α-hetero) is 2. The molecule has 0 aliphatic carbocycles. The van der Waals surface area contributed by atoms with Gasteiger partial charge in [-0.05, 0) is 13.8 Å². The number of unbranched alkanes of at least 4 members (excludes halogenated alkanes) is 7. The minimum Gasteiger partial charge on any atom is -0.479 e. The summed E-state index contributed by atoms with van der Waals surface area (Å²) < 4.78 is 0. The van der Waals surface area contributed by atoms with Gasteiger partial charge in [0.15, 0.2) is 0 Å². The van der Waals surface area contributed by atoms with Crippen LogP contribution in [0.3, 0.4) is 0 Å². The van der Waals surface area contributed by atoms with Crippen LogP contribution in [0.25, 0.3) is 0 Å². The number of benzene rings is 2. The Labute approximate surface area is 224 Å². The molecule has 2 aromatic carbocycles. The van der Waals surface area contributed by atoms with E-state index in [1.807, 2.05) is 0 Å². The first kappa shape index (κ1) is 32.7. The monoisotopic (exact) mass is 528 g/mol. The van der Waals surface area contributed by atoms with Crippen LogP contribution in [0.1, 0.15) is 97.1 Å². The van der Waals surface area contributed by atoms with Gasteiger partial charge < -0.3 is 20.4 Å². The average molecular weight is 529 g/mol. The molecule has 0 heterocycles. The molecule has 8 nitrogen and oxygen atoms in total. The van der Waals surface area contributed by atoms with Crippen LogP contribution < -0.4 is 0 Å². The van der Waals surface area contributed by atoms with Crippen molar-refractivity contribution in [2.45, 2.75) is 90.3 Å². The highest BCUT2D eigenvalue weighted by atomic mass is 16.5. The minimum absolute atomic E-state index is 0.383. The maximum Gasteiger partial charge on any atom is 0.348 e. The number of aliphatic hydroxyl groups is 2. The number of aliphatic carboxylic acids is 2. The molecular formula is C30H40O8. The summed E-state index contributed by atoms with van der Waals surface area (Å²) in [7, 11) is 0. The quantitative estimate of drug-likeness (QED) is 0.149. The number of aryl methyl sites for hydroxylation is 2. The van der Waals surface area contributed by atoms with Gasteiger partial charge in [0.25, 0.3) is 11.2 Å². The summed E-state index contributed by atoms with van der Waals surface area (Å²) in [6.07, 6.45) is 11.5. The molecule has 0 saturated heterocycles. The van der Waals surface area contributed by atoms with Gasteiger partial charge in [-0.25, -0.2) is 9.59 Å². The van der Waals surface area contributed by atoms with Crippen LogP contribution in [0.5, 0.6) is 0 Å². The highest BCUT2D eigenvalue weighted by Crippen LogP contribution is 2.32. The van der Waals surface area contributed by atoms with Crippen molar-refractivity contribution in [1.29, 1.82) is 0 Å². The van der Waals surface area contributed by atoms with Crippen LogP contribution in [-0.4, -0.2) is 55.1 Å². The Kier molecular flexibility index (Phi) is 13.0. The molecule has 0 spiro atoms. The van der Waals surface area contributed by atoms with Crippen molar-refractivity contribution < 1.29 is 39.6 Å². The number of carboxylic acid groups (broad SMARTS) is 2. The third-order valence-electron chi connectivity index (χ3n) is 6.38. The van der Waals surface area contributed by atoms with Gasteiger partial charge in [0.1, 0.15) is 0 Å². The fourth-order valence-corrected chi connectivity index (χ4v) is 3.87. The number of rotatable bonds is 14. The molecule has 2 aromatic rings. The summed E-state index contributed by atoms with van der Waals surface area (Å²) in [6, 6.07) is 10.3. The fraction of sp³-hybridized carbons (Fsp3) is 0.467. The highest BCUT2D eigenvalue weighted by Gasteiger charge is 2.69. The lowest BCUT2D eigenvalue weighted by atomic mass is 9.73.